The first-order valence-corrected chi connectivity index (χ1v) is 5.02. The third kappa shape index (κ3) is 2.79. The summed E-state index contributed by atoms with van der Waals surface area (Å²) in [6.07, 6.45) is 2.20. The fourth-order valence-corrected chi connectivity index (χ4v) is 1.31. The summed E-state index contributed by atoms with van der Waals surface area (Å²) >= 11 is 0. The second kappa shape index (κ2) is 4.44. The van der Waals surface area contributed by atoms with Crippen molar-refractivity contribution in [3.05, 3.63) is 22.2 Å². The average Bonchev–Trinajstić information content (AvgIpc) is 3.00. The smallest absolute Gasteiger partial charge is 0.254 e. The molecular weight excluding hydrogens is 196 g/mol. The molecule has 2 rings (SSSR count). The number of rotatable bonds is 5. The van der Waals surface area contributed by atoms with Crippen LogP contribution in [0.5, 0.6) is 5.88 Å². The minimum Gasteiger partial charge on any atom is -0.475 e. The van der Waals surface area contributed by atoms with Crippen LogP contribution in [0.15, 0.2) is 10.9 Å². The van der Waals surface area contributed by atoms with Crippen LogP contribution < -0.4 is 10.3 Å². The van der Waals surface area contributed by atoms with Gasteiger partial charge in [-0.05, 0) is 12.8 Å². The number of nitrogens with zero attached hydrogens (tertiary/aromatic N) is 1. The van der Waals surface area contributed by atoms with Gasteiger partial charge >= 0.3 is 0 Å². The van der Waals surface area contributed by atoms with Gasteiger partial charge in [0.05, 0.1) is 12.7 Å². The molecule has 1 aromatic heterocycles. The summed E-state index contributed by atoms with van der Waals surface area (Å²) in [7, 11) is 1.60. The Kier molecular flexibility index (Phi) is 3.01. The molecule has 0 amide bonds. The lowest BCUT2D eigenvalue weighted by Gasteiger charge is -2.05. The first-order chi connectivity index (χ1) is 7.29. The van der Waals surface area contributed by atoms with E-state index in [1.54, 1.807) is 7.11 Å². The highest BCUT2D eigenvalue weighted by Gasteiger charge is 2.26. The van der Waals surface area contributed by atoms with Crippen LogP contribution in [0.1, 0.15) is 24.6 Å². The van der Waals surface area contributed by atoms with Crippen molar-refractivity contribution in [1.82, 2.24) is 9.97 Å². The standard InChI is InChI=1S/C10H14N2O3/c1-14-4-5-15-9-6-8(13)11-10(12-9)7-2-3-7/h6-7H,2-5H2,1H3,(H,11,12,13). The zero-order valence-electron chi connectivity index (χ0n) is 8.66. The van der Waals surface area contributed by atoms with E-state index < -0.39 is 0 Å². The summed E-state index contributed by atoms with van der Waals surface area (Å²) in [5.41, 5.74) is -0.153. The van der Waals surface area contributed by atoms with Gasteiger partial charge in [-0.15, -0.1) is 0 Å². The number of ether oxygens (including phenoxy) is 2. The fourth-order valence-electron chi connectivity index (χ4n) is 1.31. The van der Waals surface area contributed by atoms with E-state index in [0.717, 1.165) is 18.7 Å². The van der Waals surface area contributed by atoms with Crippen LogP contribution in [0, 0.1) is 0 Å². The number of aromatic nitrogens is 2. The van der Waals surface area contributed by atoms with Crippen molar-refractivity contribution in [3.8, 4) is 5.88 Å². The zero-order chi connectivity index (χ0) is 10.7. The van der Waals surface area contributed by atoms with Crippen LogP contribution in [0.4, 0.5) is 0 Å². The van der Waals surface area contributed by atoms with Crippen molar-refractivity contribution in [2.24, 2.45) is 0 Å². The number of hydrogen-bond acceptors (Lipinski definition) is 4. The Bertz CT molecular complexity index is 384. The Morgan fingerprint density at radius 3 is 3.00 bits per heavy atom. The monoisotopic (exact) mass is 210 g/mol. The Hall–Kier alpha value is -1.36. The molecule has 5 nitrogen and oxygen atoms in total. The maximum atomic E-state index is 11.3. The van der Waals surface area contributed by atoms with E-state index in [9.17, 15) is 4.79 Å². The highest BCUT2D eigenvalue weighted by molar-refractivity contribution is 5.13. The maximum Gasteiger partial charge on any atom is 0.254 e. The van der Waals surface area contributed by atoms with Gasteiger partial charge in [0, 0.05) is 13.0 Å². The molecule has 0 radical (unpaired) electrons. The van der Waals surface area contributed by atoms with Gasteiger partial charge < -0.3 is 14.5 Å². The largest absolute Gasteiger partial charge is 0.475 e. The minimum atomic E-state index is -0.153. The van der Waals surface area contributed by atoms with Gasteiger partial charge in [0.2, 0.25) is 5.88 Å². The van der Waals surface area contributed by atoms with Crippen LogP contribution in [0.25, 0.3) is 0 Å². The third-order valence-corrected chi connectivity index (χ3v) is 2.24. The number of hydrogen-bond donors (Lipinski definition) is 1. The van der Waals surface area contributed by atoms with E-state index >= 15 is 0 Å². The molecular formula is C10H14N2O3. The molecule has 0 bridgehead atoms. The maximum absolute atomic E-state index is 11.3. The molecule has 0 atom stereocenters. The highest BCUT2D eigenvalue weighted by atomic mass is 16.5. The van der Waals surface area contributed by atoms with E-state index in [0.29, 0.717) is 25.0 Å². The topological polar surface area (TPSA) is 64.2 Å². The molecule has 1 saturated carbocycles. The molecule has 1 aliphatic carbocycles. The van der Waals surface area contributed by atoms with Gasteiger partial charge in [0.25, 0.3) is 5.56 Å². The van der Waals surface area contributed by atoms with E-state index in [1.807, 2.05) is 0 Å². The number of aromatic amines is 1. The van der Waals surface area contributed by atoms with Gasteiger partial charge in [-0.3, -0.25) is 4.79 Å². The summed E-state index contributed by atoms with van der Waals surface area (Å²) in [5.74, 6) is 1.55. The molecule has 1 fully saturated rings. The van der Waals surface area contributed by atoms with Crippen LogP contribution in [-0.4, -0.2) is 30.3 Å². The van der Waals surface area contributed by atoms with Crippen LogP contribution in [0.2, 0.25) is 0 Å². The summed E-state index contributed by atoms with van der Waals surface area (Å²) in [5, 5.41) is 0. The van der Waals surface area contributed by atoms with Crippen LogP contribution >= 0.6 is 0 Å². The number of H-pyrrole nitrogens is 1. The van der Waals surface area contributed by atoms with Crippen molar-refractivity contribution in [2.45, 2.75) is 18.8 Å². The zero-order valence-corrected chi connectivity index (χ0v) is 8.66. The van der Waals surface area contributed by atoms with Gasteiger partial charge in [-0.1, -0.05) is 0 Å². The number of nitrogens with one attached hydrogen (secondary N) is 1. The van der Waals surface area contributed by atoms with Crippen molar-refractivity contribution >= 4 is 0 Å². The van der Waals surface area contributed by atoms with Crippen LogP contribution in [0.3, 0.4) is 0 Å². The fraction of sp³-hybridized carbons (Fsp3) is 0.600. The molecule has 0 aromatic carbocycles. The van der Waals surface area contributed by atoms with E-state index in [2.05, 4.69) is 9.97 Å². The lowest BCUT2D eigenvalue weighted by molar-refractivity contribution is 0.143. The average molecular weight is 210 g/mol. The molecule has 0 spiro atoms. The lowest BCUT2D eigenvalue weighted by Crippen LogP contribution is -2.13. The molecule has 1 heterocycles. The Labute approximate surface area is 87.4 Å². The lowest BCUT2D eigenvalue weighted by atomic mass is 10.4. The first kappa shape index (κ1) is 10.2. The second-order valence-corrected chi connectivity index (χ2v) is 3.58. The molecule has 82 valence electrons. The van der Waals surface area contributed by atoms with Gasteiger partial charge in [0.1, 0.15) is 12.4 Å². The van der Waals surface area contributed by atoms with Crippen LogP contribution in [-0.2, 0) is 4.74 Å². The molecule has 15 heavy (non-hydrogen) atoms. The summed E-state index contributed by atoms with van der Waals surface area (Å²) in [6.45, 7) is 0.907. The molecule has 1 aliphatic rings. The van der Waals surface area contributed by atoms with E-state index in [1.165, 1.54) is 6.07 Å². The van der Waals surface area contributed by atoms with Gasteiger partial charge in [0.15, 0.2) is 0 Å². The predicted octanol–water partition coefficient (Wildman–Crippen LogP) is 0.672. The molecule has 5 heteroatoms. The molecule has 0 aliphatic heterocycles. The Morgan fingerprint density at radius 2 is 2.33 bits per heavy atom. The first-order valence-electron chi connectivity index (χ1n) is 5.02. The van der Waals surface area contributed by atoms with Crippen molar-refractivity contribution in [1.29, 1.82) is 0 Å². The number of methoxy groups -OCH3 is 1. The third-order valence-electron chi connectivity index (χ3n) is 2.24. The predicted molar refractivity (Wildman–Crippen MR) is 54.2 cm³/mol. The SMILES string of the molecule is COCCOc1cc(=O)[nH]c(C2CC2)n1. The van der Waals surface area contributed by atoms with E-state index in [4.69, 9.17) is 9.47 Å². The van der Waals surface area contributed by atoms with Gasteiger partial charge in [-0.2, -0.15) is 4.98 Å². The highest BCUT2D eigenvalue weighted by Crippen LogP contribution is 2.37. The van der Waals surface area contributed by atoms with Crippen molar-refractivity contribution < 1.29 is 9.47 Å². The second-order valence-electron chi connectivity index (χ2n) is 3.58. The molecule has 1 N–H and O–H groups in total. The summed E-state index contributed by atoms with van der Waals surface area (Å²) in [6, 6.07) is 1.36. The van der Waals surface area contributed by atoms with Crippen molar-refractivity contribution in [3.63, 3.8) is 0 Å². The molecule has 1 aromatic rings. The quantitative estimate of drug-likeness (QED) is 0.725. The minimum absolute atomic E-state index is 0.153. The van der Waals surface area contributed by atoms with E-state index in [-0.39, 0.29) is 5.56 Å². The Morgan fingerprint density at radius 1 is 1.53 bits per heavy atom. The molecule has 0 saturated heterocycles. The summed E-state index contributed by atoms with van der Waals surface area (Å²) < 4.78 is 10.1. The van der Waals surface area contributed by atoms with Crippen molar-refractivity contribution in [2.75, 3.05) is 20.3 Å². The normalized spacial score (nSPS) is 15.3. The molecule has 0 unspecified atom stereocenters. The van der Waals surface area contributed by atoms with Gasteiger partial charge in [-0.25, -0.2) is 0 Å². The summed E-state index contributed by atoms with van der Waals surface area (Å²) in [4.78, 5) is 18.2. The Balaban J connectivity index is 2.06.